The van der Waals surface area contributed by atoms with Gasteiger partial charge in [-0.05, 0) is 61.1 Å². The summed E-state index contributed by atoms with van der Waals surface area (Å²) in [4.78, 5) is 31.6. The SMILES string of the molecule is COC[C@H]1CN(C(=O)[C@]2(F)CN(C3CCCC3)C[C@H]2c2ccc(OC)cc2)C[C@@H]1c1ccc(C(F)(F)F)cc1N1CCC(C(=O)O)CC1.Cl.Cl. The maximum atomic E-state index is 17.6. The monoisotopic (exact) mass is 747 g/mol. The number of ether oxygens (including phenoxy) is 2. The van der Waals surface area contributed by atoms with Crippen LogP contribution in [0.3, 0.4) is 0 Å². The van der Waals surface area contributed by atoms with Gasteiger partial charge in [0.1, 0.15) is 5.75 Å². The Kier molecular flexibility index (Phi) is 13.0. The van der Waals surface area contributed by atoms with Gasteiger partial charge in [0.2, 0.25) is 5.67 Å². The second kappa shape index (κ2) is 16.3. The Morgan fingerprint density at radius 3 is 2.18 bits per heavy atom. The van der Waals surface area contributed by atoms with Crippen molar-refractivity contribution in [2.24, 2.45) is 11.8 Å². The summed E-state index contributed by atoms with van der Waals surface area (Å²) in [6, 6.07) is 11.1. The number of rotatable bonds is 9. The van der Waals surface area contributed by atoms with Gasteiger partial charge in [-0.3, -0.25) is 14.5 Å². The zero-order valence-corrected chi connectivity index (χ0v) is 30.0. The highest BCUT2D eigenvalue weighted by atomic mass is 35.5. The molecule has 2 aromatic rings. The fourth-order valence-electron chi connectivity index (χ4n) is 8.53. The molecule has 8 nitrogen and oxygen atoms in total. The quantitative estimate of drug-likeness (QED) is 0.283. The molecule has 4 fully saturated rings. The molecule has 1 aliphatic carbocycles. The van der Waals surface area contributed by atoms with Crippen molar-refractivity contribution in [3.8, 4) is 5.75 Å². The predicted molar refractivity (Wildman–Crippen MR) is 187 cm³/mol. The molecule has 4 atom stereocenters. The first kappa shape index (κ1) is 40.0. The number of likely N-dealkylation sites (tertiary alicyclic amines) is 2. The minimum Gasteiger partial charge on any atom is -0.497 e. The van der Waals surface area contributed by atoms with Crippen LogP contribution in [0.5, 0.6) is 5.75 Å². The highest BCUT2D eigenvalue weighted by molar-refractivity contribution is 5.88. The van der Waals surface area contributed by atoms with Gasteiger partial charge in [-0.2, -0.15) is 13.2 Å². The number of carbonyl (C=O) groups is 2. The lowest BCUT2D eigenvalue weighted by Gasteiger charge is -2.35. The molecule has 2 aromatic carbocycles. The third-order valence-electron chi connectivity index (χ3n) is 11.2. The number of carboxylic acid groups (broad SMARTS) is 1. The summed E-state index contributed by atoms with van der Waals surface area (Å²) in [5.41, 5.74) is -1.24. The summed E-state index contributed by atoms with van der Waals surface area (Å²) in [6.45, 7) is 1.60. The molecule has 0 spiro atoms. The zero-order valence-electron chi connectivity index (χ0n) is 28.4. The van der Waals surface area contributed by atoms with Gasteiger partial charge in [-0.1, -0.05) is 31.0 Å². The summed E-state index contributed by atoms with van der Waals surface area (Å²) in [7, 11) is 3.11. The van der Waals surface area contributed by atoms with Crippen LogP contribution in [0.2, 0.25) is 0 Å². The molecular formula is C36H47Cl2F4N3O5. The number of hydrogen-bond acceptors (Lipinski definition) is 6. The number of aliphatic carboxylic acids is 1. The number of carboxylic acids is 1. The van der Waals surface area contributed by atoms with Crippen molar-refractivity contribution in [2.45, 2.75) is 68.2 Å². The van der Waals surface area contributed by atoms with Crippen LogP contribution in [0.4, 0.5) is 23.2 Å². The van der Waals surface area contributed by atoms with E-state index >= 15 is 4.39 Å². The van der Waals surface area contributed by atoms with Gasteiger partial charge in [-0.15, -0.1) is 24.8 Å². The van der Waals surface area contributed by atoms with E-state index in [-0.39, 0.29) is 63.0 Å². The van der Waals surface area contributed by atoms with Crippen LogP contribution in [0, 0.1) is 11.8 Å². The molecule has 50 heavy (non-hydrogen) atoms. The number of nitrogens with zero attached hydrogens (tertiary/aromatic N) is 3. The molecule has 1 N–H and O–H groups in total. The summed E-state index contributed by atoms with van der Waals surface area (Å²) in [5, 5.41) is 9.49. The van der Waals surface area contributed by atoms with Crippen LogP contribution in [0.1, 0.15) is 67.1 Å². The number of carbonyl (C=O) groups excluding carboxylic acids is 1. The molecule has 3 aliphatic heterocycles. The van der Waals surface area contributed by atoms with Crippen molar-refractivity contribution in [3.63, 3.8) is 0 Å². The van der Waals surface area contributed by atoms with Crippen LogP contribution >= 0.6 is 24.8 Å². The van der Waals surface area contributed by atoms with E-state index in [9.17, 15) is 27.9 Å². The number of methoxy groups -OCH3 is 2. The lowest BCUT2D eigenvalue weighted by atomic mass is 9.85. The van der Waals surface area contributed by atoms with Crippen molar-refractivity contribution >= 4 is 42.4 Å². The number of halogens is 6. The van der Waals surface area contributed by atoms with Gasteiger partial charge in [0.15, 0.2) is 0 Å². The van der Waals surface area contributed by atoms with Crippen LogP contribution in [-0.2, 0) is 20.5 Å². The van der Waals surface area contributed by atoms with E-state index in [1.54, 1.807) is 31.3 Å². The molecule has 4 aliphatic rings. The van der Waals surface area contributed by atoms with Crippen molar-refractivity contribution in [3.05, 3.63) is 59.2 Å². The molecule has 0 bridgehead atoms. The van der Waals surface area contributed by atoms with Crippen molar-refractivity contribution in [1.29, 1.82) is 0 Å². The van der Waals surface area contributed by atoms with Crippen molar-refractivity contribution in [2.75, 3.05) is 65.0 Å². The zero-order chi connectivity index (χ0) is 34.2. The summed E-state index contributed by atoms with van der Waals surface area (Å²) in [6.07, 6.45) is 0.173. The van der Waals surface area contributed by atoms with Crippen molar-refractivity contribution in [1.82, 2.24) is 9.80 Å². The standard InChI is InChI=1S/C36H45F4N3O5.2ClH/c1-47-21-25-18-42(19-30(25)29-12-9-26(36(38,39)40)17-32(29)41-15-13-24(14-16-41)33(44)45)34(46)35(37)22-43(27-5-3-4-6-27)20-31(35)23-7-10-28(48-2)11-8-23;;/h7-12,17,24-25,27,30-31H,3-6,13-16,18-22H2,1-2H3,(H,44,45);2*1H/t25-,30+,31+,35+;;/m1../s1. The average Bonchev–Trinajstić information content (AvgIpc) is 3.84. The van der Waals surface area contributed by atoms with E-state index in [1.807, 2.05) is 17.0 Å². The minimum atomic E-state index is -4.57. The highest BCUT2D eigenvalue weighted by Crippen LogP contribution is 2.47. The molecule has 1 amide bonds. The highest BCUT2D eigenvalue weighted by Gasteiger charge is 2.57. The molecule has 0 radical (unpaired) electrons. The number of hydrogen-bond donors (Lipinski definition) is 1. The maximum absolute atomic E-state index is 17.6. The third-order valence-corrected chi connectivity index (χ3v) is 11.2. The molecule has 0 unspecified atom stereocenters. The average molecular weight is 749 g/mol. The number of piperidine rings is 1. The van der Waals surface area contributed by atoms with Crippen LogP contribution in [-0.4, -0.2) is 98.6 Å². The predicted octanol–water partition coefficient (Wildman–Crippen LogP) is 6.80. The Hall–Kier alpha value is -2.80. The summed E-state index contributed by atoms with van der Waals surface area (Å²) >= 11 is 0. The first-order valence-electron chi connectivity index (χ1n) is 17.0. The number of amides is 1. The van der Waals surface area contributed by atoms with Gasteiger partial charge < -0.3 is 24.4 Å². The lowest BCUT2D eigenvalue weighted by Crippen LogP contribution is -2.50. The van der Waals surface area contributed by atoms with E-state index in [4.69, 9.17) is 9.47 Å². The lowest BCUT2D eigenvalue weighted by molar-refractivity contribution is -0.143. The second-order valence-corrected chi connectivity index (χ2v) is 14.0. The Balaban J connectivity index is 0.00000281. The van der Waals surface area contributed by atoms with Gasteiger partial charge in [0.25, 0.3) is 5.91 Å². The maximum Gasteiger partial charge on any atom is 0.416 e. The Labute approximate surface area is 303 Å². The Morgan fingerprint density at radius 2 is 1.60 bits per heavy atom. The smallest absolute Gasteiger partial charge is 0.416 e. The van der Waals surface area contributed by atoms with E-state index in [0.29, 0.717) is 49.5 Å². The second-order valence-electron chi connectivity index (χ2n) is 14.0. The normalized spacial score (nSPS) is 26.5. The summed E-state index contributed by atoms with van der Waals surface area (Å²) < 4.78 is 70.3. The Bertz CT molecular complexity index is 1470. The largest absolute Gasteiger partial charge is 0.497 e. The Morgan fingerprint density at radius 1 is 0.940 bits per heavy atom. The van der Waals surface area contributed by atoms with Gasteiger partial charge >= 0.3 is 12.1 Å². The fourth-order valence-corrected chi connectivity index (χ4v) is 8.53. The molecule has 3 saturated heterocycles. The van der Waals surface area contributed by atoms with Crippen LogP contribution < -0.4 is 9.64 Å². The fraction of sp³-hybridized carbons (Fsp3) is 0.611. The first-order chi connectivity index (χ1) is 22.9. The number of alkyl halides is 4. The summed E-state index contributed by atoms with van der Waals surface area (Å²) in [5.74, 6) is -2.78. The molecule has 6 rings (SSSR count). The van der Waals surface area contributed by atoms with Crippen molar-refractivity contribution < 1.29 is 41.7 Å². The number of anilines is 1. The van der Waals surface area contributed by atoms with Gasteiger partial charge in [0, 0.05) is 75.9 Å². The third kappa shape index (κ3) is 7.98. The number of benzene rings is 2. The van der Waals surface area contributed by atoms with E-state index in [0.717, 1.165) is 43.4 Å². The van der Waals surface area contributed by atoms with Gasteiger partial charge in [0.05, 0.1) is 25.2 Å². The van der Waals surface area contributed by atoms with E-state index < -0.39 is 47.0 Å². The molecule has 278 valence electrons. The van der Waals surface area contributed by atoms with E-state index in [1.165, 1.54) is 6.07 Å². The molecule has 0 aromatic heterocycles. The molecule has 1 saturated carbocycles. The van der Waals surface area contributed by atoms with E-state index in [2.05, 4.69) is 4.90 Å². The van der Waals surface area contributed by atoms with Gasteiger partial charge in [-0.25, -0.2) is 4.39 Å². The topological polar surface area (TPSA) is 82.6 Å². The first-order valence-corrected chi connectivity index (χ1v) is 17.0. The van der Waals surface area contributed by atoms with Crippen LogP contribution in [0.25, 0.3) is 0 Å². The molecule has 14 heteroatoms. The minimum absolute atomic E-state index is 0. The van der Waals surface area contributed by atoms with Crippen LogP contribution in [0.15, 0.2) is 42.5 Å². The molecule has 3 heterocycles. The molecular weight excluding hydrogens is 701 g/mol.